The summed E-state index contributed by atoms with van der Waals surface area (Å²) in [7, 11) is 0. The predicted molar refractivity (Wildman–Crippen MR) is 68.1 cm³/mol. The third-order valence-electron chi connectivity index (χ3n) is 2.29. The van der Waals surface area contributed by atoms with E-state index in [1.165, 1.54) is 5.56 Å². The molecule has 0 bridgehead atoms. The third kappa shape index (κ3) is 3.52. The van der Waals surface area contributed by atoms with E-state index in [0.29, 0.717) is 0 Å². The van der Waals surface area contributed by atoms with Gasteiger partial charge >= 0.3 is 0 Å². The minimum Gasteiger partial charge on any atom is -0.491 e. The Hall–Kier alpha value is -1.97. The molecule has 0 aliphatic heterocycles. The molecule has 2 N–H and O–H groups in total. The molecule has 1 aromatic carbocycles. The highest BCUT2D eigenvalue weighted by Crippen LogP contribution is 2.14. The fraction of sp³-hybridized carbons (Fsp3) is 0.308. The molecule has 17 heavy (non-hydrogen) atoms. The van der Waals surface area contributed by atoms with Crippen LogP contribution in [-0.2, 0) is 6.54 Å². The van der Waals surface area contributed by atoms with Crippen LogP contribution in [0.25, 0.3) is 0 Å². The van der Waals surface area contributed by atoms with Crippen LogP contribution in [0.3, 0.4) is 0 Å². The molecule has 0 unspecified atom stereocenters. The van der Waals surface area contributed by atoms with Crippen molar-refractivity contribution in [2.45, 2.75) is 26.5 Å². The van der Waals surface area contributed by atoms with Crippen molar-refractivity contribution in [1.29, 1.82) is 0 Å². The van der Waals surface area contributed by atoms with Gasteiger partial charge in [0.25, 0.3) is 0 Å². The van der Waals surface area contributed by atoms with Crippen molar-refractivity contribution < 1.29 is 4.74 Å². The van der Waals surface area contributed by atoms with E-state index in [4.69, 9.17) is 4.74 Å². The number of hydrogen-bond acceptors (Lipinski definition) is 3. The summed E-state index contributed by atoms with van der Waals surface area (Å²) in [6.45, 7) is 4.82. The molecule has 1 aromatic heterocycles. The lowest BCUT2D eigenvalue weighted by Gasteiger charge is -2.10. The van der Waals surface area contributed by atoms with Crippen molar-refractivity contribution in [3.63, 3.8) is 0 Å². The van der Waals surface area contributed by atoms with E-state index in [1.54, 1.807) is 6.20 Å². The van der Waals surface area contributed by atoms with Crippen LogP contribution in [0.1, 0.15) is 19.4 Å². The molecule has 0 aliphatic carbocycles. The van der Waals surface area contributed by atoms with Gasteiger partial charge in [0.15, 0.2) is 0 Å². The van der Waals surface area contributed by atoms with Gasteiger partial charge in [-0.15, -0.1) is 0 Å². The minimum atomic E-state index is 0.213. The summed E-state index contributed by atoms with van der Waals surface area (Å²) in [5.41, 5.74) is 2.20. The lowest BCUT2D eigenvalue weighted by Crippen LogP contribution is -2.05. The van der Waals surface area contributed by atoms with Gasteiger partial charge in [-0.05, 0) is 31.5 Å². The number of anilines is 1. The van der Waals surface area contributed by atoms with Gasteiger partial charge < -0.3 is 10.1 Å². The molecule has 0 radical (unpaired) electrons. The number of aromatic nitrogens is 2. The van der Waals surface area contributed by atoms with Crippen LogP contribution in [0.5, 0.6) is 5.75 Å². The average molecular weight is 231 g/mol. The van der Waals surface area contributed by atoms with E-state index < -0.39 is 0 Å². The van der Waals surface area contributed by atoms with Crippen LogP contribution >= 0.6 is 0 Å². The van der Waals surface area contributed by atoms with Gasteiger partial charge in [-0.3, -0.25) is 5.10 Å². The molecule has 0 saturated carbocycles. The number of ether oxygens (including phenoxy) is 1. The molecule has 1 heterocycles. The first-order chi connectivity index (χ1) is 8.24. The Morgan fingerprint density at radius 2 is 2.06 bits per heavy atom. The summed E-state index contributed by atoms with van der Waals surface area (Å²) in [6.07, 6.45) is 3.80. The van der Waals surface area contributed by atoms with E-state index in [-0.39, 0.29) is 6.10 Å². The molecule has 0 amide bonds. The van der Waals surface area contributed by atoms with Gasteiger partial charge in [-0.2, -0.15) is 5.10 Å². The fourth-order valence-electron chi connectivity index (χ4n) is 1.51. The summed E-state index contributed by atoms with van der Waals surface area (Å²) in [4.78, 5) is 0. The summed E-state index contributed by atoms with van der Waals surface area (Å²) in [5.74, 6) is 0.909. The number of rotatable bonds is 5. The Labute approximate surface area is 101 Å². The van der Waals surface area contributed by atoms with Crippen molar-refractivity contribution in [1.82, 2.24) is 10.2 Å². The van der Waals surface area contributed by atoms with Crippen LogP contribution in [0.2, 0.25) is 0 Å². The van der Waals surface area contributed by atoms with Gasteiger partial charge in [0, 0.05) is 12.7 Å². The number of aromatic amines is 1. The zero-order valence-electron chi connectivity index (χ0n) is 10.1. The van der Waals surface area contributed by atoms with Crippen LogP contribution in [0.15, 0.2) is 36.7 Å². The molecular weight excluding hydrogens is 214 g/mol. The third-order valence-corrected chi connectivity index (χ3v) is 2.29. The quantitative estimate of drug-likeness (QED) is 0.832. The molecule has 0 aliphatic rings. The van der Waals surface area contributed by atoms with E-state index in [9.17, 15) is 0 Å². The highest BCUT2D eigenvalue weighted by Gasteiger charge is 1.98. The SMILES string of the molecule is CC(C)Oc1ccc(CNc2cn[nH]c2)cc1. The highest BCUT2D eigenvalue weighted by molar-refractivity contribution is 5.39. The standard InChI is InChI=1S/C13H17N3O/c1-10(2)17-13-5-3-11(4-6-13)7-14-12-8-15-16-9-12/h3-6,8-10,14H,7H2,1-2H3,(H,15,16). The maximum absolute atomic E-state index is 5.58. The fourth-order valence-corrected chi connectivity index (χ4v) is 1.51. The molecular formula is C13H17N3O. The van der Waals surface area contributed by atoms with Crippen molar-refractivity contribution >= 4 is 5.69 Å². The molecule has 2 rings (SSSR count). The van der Waals surface area contributed by atoms with Crippen molar-refractivity contribution in [3.05, 3.63) is 42.2 Å². The maximum atomic E-state index is 5.58. The molecule has 0 saturated heterocycles. The lowest BCUT2D eigenvalue weighted by molar-refractivity contribution is 0.242. The first-order valence-electron chi connectivity index (χ1n) is 5.72. The number of H-pyrrole nitrogens is 1. The smallest absolute Gasteiger partial charge is 0.119 e. The van der Waals surface area contributed by atoms with Gasteiger partial charge in [-0.25, -0.2) is 0 Å². The minimum absolute atomic E-state index is 0.213. The average Bonchev–Trinajstić information content (AvgIpc) is 2.80. The van der Waals surface area contributed by atoms with Crippen molar-refractivity contribution in [3.8, 4) is 5.75 Å². The summed E-state index contributed by atoms with van der Waals surface area (Å²) < 4.78 is 5.58. The maximum Gasteiger partial charge on any atom is 0.119 e. The van der Waals surface area contributed by atoms with E-state index in [1.807, 2.05) is 32.2 Å². The van der Waals surface area contributed by atoms with Gasteiger partial charge in [-0.1, -0.05) is 12.1 Å². The van der Waals surface area contributed by atoms with Gasteiger partial charge in [0.2, 0.25) is 0 Å². The number of nitrogens with zero attached hydrogens (tertiary/aromatic N) is 1. The summed E-state index contributed by atoms with van der Waals surface area (Å²) in [6, 6.07) is 8.11. The van der Waals surface area contributed by atoms with Gasteiger partial charge in [0.05, 0.1) is 18.0 Å². The molecule has 2 aromatic rings. The molecule has 4 nitrogen and oxygen atoms in total. The summed E-state index contributed by atoms with van der Waals surface area (Å²) >= 11 is 0. The van der Waals surface area contributed by atoms with E-state index in [2.05, 4.69) is 27.6 Å². The Morgan fingerprint density at radius 3 is 2.65 bits per heavy atom. The normalized spacial score (nSPS) is 10.5. The first-order valence-corrected chi connectivity index (χ1v) is 5.72. The topological polar surface area (TPSA) is 49.9 Å². The first kappa shape index (κ1) is 11.5. The number of benzene rings is 1. The van der Waals surface area contributed by atoms with Crippen LogP contribution in [0, 0.1) is 0 Å². The molecule has 90 valence electrons. The molecule has 0 fully saturated rings. The molecule has 4 heteroatoms. The second-order valence-electron chi connectivity index (χ2n) is 4.15. The zero-order valence-corrected chi connectivity index (χ0v) is 10.1. The lowest BCUT2D eigenvalue weighted by atomic mass is 10.2. The van der Waals surface area contributed by atoms with Crippen LogP contribution in [0.4, 0.5) is 5.69 Å². The van der Waals surface area contributed by atoms with Crippen molar-refractivity contribution in [2.24, 2.45) is 0 Å². The second kappa shape index (κ2) is 5.39. The highest BCUT2D eigenvalue weighted by atomic mass is 16.5. The monoisotopic (exact) mass is 231 g/mol. The molecule has 0 atom stereocenters. The Morgan fingerprint density at radius 1 is 1.29 bits per heavy atom. The second-order valence-corrected chi connectivity index (χ2v) is 4.15. The molecule has 0 spiro atoms. The Balaban J connectivity index is 1.89. The van der Waals surface area contributed by atoms with Crippen molar-refractivity contribution in [2.75, 3.05) is 5.32 Å². The van der Waals surface area contributed by atoms with Crippen LogP contribution < -0.4 is 10.1 Å². The largest absolute Gasteiger partial charge is 0.491 e. The Bertz CT molecular complexity index is 434. The van der Waals surface area contributed by atoms with E-state index >= 15 is 0 Å². The Kier molecular flexibility index (Phi) is 3.65. The number of nitrogens with one attached hydrogen (secondary N) is 2. The zero-order chi connectivity index (χ0) is 12.1. The van der Waals surface area contributed by atoms with Gasteiger partial charge in [0.1, 0.15) is 5.75 Å². The number of hydrogen-bond donors (Lipinski definition) is 2. The van der Waals surface area contributed by atoms with E-state index in [0.717, 1.165) is 18.0 Å². The predicted octanol–water partition coefficient (Wildman–Crippen LogP) is 2.81. The summed E-state index contributed by atoms with van der Waals surface area (Å²) in [5, 5.41) is 9.90. The van der Waals surface area contributed by atoms with Crippen LogP contribution in [-0.4, -0.2) is 16.3 Å².